The van der Waals surface area contributed by atoms with E-state index in [0.29, 0.717) is 48.2 Å². The lowest BCUT2D eigenvalue weighted by Gasteiger charge is -2.26. The van der Waals surface area contributed by atoms with Crippen LogP contribution in [0.5, 0.6) is 17.2 Å². The summed E-state index contributed by atoms with van der Waals surface area (Å²) in [7, 11) is 0. The minimum Gasteiger partial charge on any atom is -0.507 e. The van der Waals surface area contributed by atoms with E-state index in [9.17, 15) is 14.7 Å². The Kier molecular flexibility index (Phi) is 8.28. The van der Waals surface area contributed by atoms with Gasteiger partial charge in [-0.2, -0.15) is 0 Å². The number of hydrogen-bond acceptors (Lipinski definition) is 7. The van der Waals surface area contributed by atoms with Gasteiger partial charge in [-0.25, -0.2) is 0 Å². The van der Waals surface area contributed by atoms with Crippen molar-refractivity contribution >= 4 is 17.4 Å². The maximum absolute atomic E-state index is 13.6. The first kappa shape index (κ1) is 28.2. The maximum Gasteiger partial charge on any atom is 0.295 e. The van der Waals surface area contributed by atoms with Crippen molar-refractivity contribution in [2.24, 2.45) is 5.92 Å². The second-order valence-corrected chi connectivity index (χ2v) is 10.9. The summed E-state index contributed by atoms with van der Waals surface area (Å²) in [5, 5.41) is 11.6. The Morgan fingerprint density at radius 1 is 1.07 bits per heavy atom. The van der Waals surface area contributed by atoms with Crippen LogP contribution >= 0.6 is 0 Å². The Bertz CT molecular complexity index is 1470. The van der Waals surface area contributed by atoms with Gasteiger partial charge in [-0.15, -0.1) is 0 Å². The minimum absolute atomic E-state index is 0.0339. The number of nitrogens with zero attached hydrogens (tertiary/aromatic N) is 2. The second kappa shape index (κ2) is 12.0. The van der Waals surface area contributed by atoms with Gasteiger partial charge in [0.15, 0.2) is 11.5 Å². The van der Waals surface area contributed by atoms with Gasteiger partial charge in [0.2, 0.25) is 0 Å². The highest BCUT2D eigenvalue weighted by Crippen LogP contribution is 2.43. The molecule has 214 valence electrons. The maximum atomic E-state index is 13.6. The third-order valence-corrected chi connectivity index (χ3v) is 7.35. The van der Waals surface area contributed by atoms with Gasteiger partial charge in [0.25, 0.3) is 11.7 Å². The average molecular weight is 557 g/mol. The monoisotopic (exact) mass is 556 g/mol. The van der Waals surface area contributed by atoms with E-state index in [2.05, 4.69) is 18.8 Å². The fraction of sp³-hybridized carbons (Fsp3) is 0.364. The van der Waals surface area contributed by atoms with Crippen LogP contribution in [0.2, 0.25) is 0 Å². The molecule has 0 saturated carbocycles. The summed E-state index contributed by atoms with van der Waals surface area (Å²) in [5.41, 5.74) is 2.90. The lowest BCUT2D eigenvalue weighted by atomic mass is 9.94. The van der Waals surface area contributed by atoms with Crippen molar-refractivity contribution in [1.82, 2.24) is 9.88 Å². The molecule has 3 aromatic rings. The molecule has 2 atom stereocenters. The number of benzene rings is 2. The SMILES string of the molecule is CCOc1cc([C@@H]2/C(=C(\O)c3ccc4c(c3)C[C@@H](C)O4)C(=O)C(=O)N2Cc2ccncc2)ccc1OCCC(C)C. The first-order valence-electron chi connectivity index (χ1n) is 14.1. The van der Waals surface area contributed by atoms with Crippen LogP contribution in [0, 0.1) is 5.92 Å². The first-order valence-corrected chi connectivity index (χ1v) is 14.1. The summed E-state index contributed by atoms with van der Waals surface area (Å²) in [4.78, 5) is 32.6. The zero-order valence-corrected chi connectivity index (χ0v) is 23.9. The van der Waals surface area contributed by atoms with E-state index in [4.69, 9.17) is 14.2 Å². The number of aliphatic hydroxyl groups is 1. The Balaban J connectivity index is 1.60. The van der Waals surface area contributed by atoms with Gasteiger partial charge >= 0.3 is 0 Å². The molecule has 1 saturated heterocycles. The van der Waals surface area contributed by atoms with Crippen LogP contribution in [-0.2, 0) is 22.6 Å². The third-order valence-electron chi connectivity index (χ3n) is 7.35. The van der Waals surface area contributed by atoms with Crippen LogP contribution in [0.25, 0.3) is 5.76 Å². The van der Waals surface area contributed by atoms with Crippen molar-refractivity contribution in [1.29, 1.82) is 0 Å². The van der Waals surface area contributed by atoms with Crippen molar-refractivity contribution in [2.75, 3.05) is 13.2 Å². The lowest BCUT2D eigenvalue weighted by molar-refractivity contribution is -0.140. The number of aliphatic hydroxyl groups excluding tert-OH is 1. The third kappa shape index (κ3) is 5.92. The standard InChI is InChI=1S/C33H36N2O6/c1-5-39-28-18-23(6-9-27(28)40-15-12-20(2)3)30-29(31(36)24-7-8-26-25(17-24)16-21(4)41-26)32(37)33(38)35(30)19-22-10-13-34-14-11-22/h6-11,13-14,17-18,20-21,30,36H,5,12,15-16,19H2,1-4H3/b31-29+/t21-,30-/m1/s1. The van der Waals surface area contributed by atoms with E-state index in [1.54, 1.807) is 48.8 Å². The van der Waals surface area contributed by atoms with Gasteiger partial charge in [-0.3, -0.25) is 14.6 Å². The molecule has 2 aliphatic rings. The zero-order chi connectivity index (χ0) is 29.1. The average Bonchev–Trinajstić information content (AvgIpc) is 3.45. The molecule has 2 aromatic carbocycles. The molecule has 1 fully saturated rings. The van der Waals surface area contributed by atoms with Crippen LogP contribution < -0.4 is 14.2 Å². The fourth-order valence-electron chi connectivity index (χ4n) is 5.29. The van der Waals surface area contributed by atoms with Gasteiger partial charge < -0.3 is 24.2 Å². The number of likely N-dealkylation sites (tertiary alicyclic amines) is 1. The van der Waals surface area contributed by atoms with E-state index in [1.165, 1.54) is 4.90 Å². The minimum atomic E-state index is -0.837. The molecule has 0 unspecified atom stereocenters. The summed E-state index contributed by atoms with van der Waals surface area (Å²) in [6.45, 7) is 9.26. The summed E-state index contributed by atoms with van der Waals surface area (Å²) < 4.78 is 17.8. The van der Waals surface area contributed by atoms with Crippen molar-refractivity contribution in [3.63, 3.8) is 0 Å². The Hall–Kier alpha value is -4.33. The fourth-order valence-corrected chi connectivity index (χ4v) is 5.29. The molecule has 8 nitrogen and oxygen atoms in total. The molecule has 1 aromatic heterocycles. The van der Waals surface area contributed by atoms with Crippen molar-refractivity contribution in [3.05, 3.63) is 88.8 Å². The molecular formula is C33H36N2O6. The largest absolute Gasteiger partial charge is 0.507 e. The van der Waals surface area contributed by atoms with Crippen LogP contribution in [0.4, 0.5) is 0 Å². The van der Waals surface area contributed by atoms with Crippen LogP contribution in [0.15, 0.2) is 66.5 Å². The highest BCUT2D eigenvalue weighted by atomic mass is 16.5. The van der Waals surface area contributed by atoms with Crippen LogP contribution in [0.3, 0.4) is 0 Å². The highest BCUT2D eigenvalue weighted by Gasteiger charge is 2.46. The number of fused-ring (bicyclic) bond motifs is 1. The number of Topliss-reactive ketones (excluding diaryl/α,β-unsaturated/α-hetero) is 1. The molecule has 1 N–H and O–H groups in total. The number of rotatable bonds is 10. The van der Waals surface area contributed by atoms with E-state index in [0.717, 1.165) is 23.3 Å². The lowest BCUT2D eigenvalue weighted by Crippen LogP contribution is -2.29. The van der Waals surface area contributed by atoms with Gasteiger partial charge in [-0.1, -0.05) is 19.9 Å². The summed E-state index contributed by atoms with van der Waals surface area (Å²) in [5.74, 6) is 0.735. The number of ether oxygens (including phenoxy) is 3. The molecule has 3 heterocycles. The van der Waals surface area contributed by atoms with E-state index >= 15 is 0 Å². The number of carbonyl (C=O) groups excluding carboxylic acids is 2. The summed E-state index contributed by atoms with van der Waals surface area (Å²) in [6, 6.07) is 13.6. The summed E-state index contributed by atoms with van der Waals surface area (Å²) >= 11 is 0. The smallest absolute Gasteiger partial charge is 0.295 e. The Morgan fingerprint density at radius 2 is 1.85 bits per heavy atom. The topological polar surface area (TPSA) is 98.2 Å². The van der Waals surface area contributed by atoms with Crippen molar-refractivity contribution in [3.8, 4) is 17.2 Å². The van der Waals surface area contributed by atoms with Gasteiger partial charge in [0, 0.05) is 30.9 Å². The van der Waals surface area contributed by atoms with Crippen LogP contribution in [-0.4, -0.2) is 46.0 Å². The van der Waals surface area contributed by atoms with Gasteiger partial charge in [0.1, 0.15) is 17.6 Å². The molecule has 2 aliphatic heterocycles. The normalized spacial score (nSPS) is 19.4. The van der Waals surface area contributed by atoms with Gasteiger partial charge in [0.05, 0.1) is 24.8 Å². The molecule has 5 rings (SSSR count). The molecule has 0 aliphatic carbocycles. The Labute approximate surface area is 240 Å². The van der Waals surface area contributed by atoms with E-state index < -0.39 is 17.7 Å². The molecule has 41 heavy (non-hydrogen) atoms. The predicted octanol–water partition coefficient (Wildman–Crippen LogP) is 5.85. The number of carbonyl (C=O) groups is 2. The quantitative estimate of drug-likeness (QED) is 0.190. The van der Waals surface area contributed by atoms with Gasteiger partial charge in [-0.05, 0) is 85.3 Å². The van der Waals surface area contributed by atoms with E-state index in [-0.39, 0.29) is 24.0 Å². The number of hydrogen-bond donors (Lipinski definition) is 1. The number of amides is 1. The predicted molar refractivity (Wildman–Crippen MR) is 155 cm³/mol. The number of pyridine rings is 1. The Morgan fingerprint density at radius 3 is 2.59 bits per heavy atom. The van der Waals surface area contributed by atoms with Crippen molar-refractivity contribution < 1.29 is 28.9 Å². The molecule has 0 bridgehead atoms. The zero-order valence-electron chi connectivity index (χ0n) is 23.9. The molecule has 1 amide bonds. The molecule has 0 radical (unpaired) electrons. The van der Waals surface area contributed by atoms with Crippen LogP contribution in [0.1, 0.15) is 62.4 Å². The number of aromatic nitrogens is 1. The molecule has 0 spiro atoms. The second-order valence-electron chi connectivity index (χ2n) is 10.9. The molecular weight excluding hydrogens is 520 g/mol. The van der Waals surface area contributed by atoms with Crippen molar-refractivity contribution in [2.45, 2.75) is 59.2 Å². The first-order chi connectivity index (χ1) is 19.8. The highest BCUT2D eigenvalue weighted by molar-refractivity contribution is 6.46. The number of ketones is 1. The summed E-state index contributed by atoms with van der Waals surface area (Å²) in [6.07, 6.45) is 4.92. The van der Waals surface area contributed by atoms with E-state index in [1.807, 2.05) is 26.0 Å². The molecule has 8 heteroatoms.